The first kappa shape index (κ1) is 16.9. The van der Waals surface area contributed by atoms with Crippen LogP contribution >= 0.6 is 0 Å². The maximum Gasteiger partial charge on any atom is 0.573 e. The number of carbonyl (C=O) groups is 2. The van der Waals surface area contributed by atoms with Gasteiger partial charge in [0.1, 0.15) is 5.75 Å². The number of nitrogens with one attached hydrogen (secondary N) is 1. The van der Waals surface area contributed by atoms with Crippen LogP contribution in [0, 0.1) is 5.92 Å². The number of carboxylic acid groups (broad SMARTS) is 1. The molecule has 2 N–H and O–H groups in total. The van der Waals surface area contributed by atoms with Crippen LogP contribution in [-0.2, 0) is 4.79 Å². The van der Waals surface area contributed by atoms with E-state index < -0.39 is 30.0 Å². The summed E-state index contributed by atoms with van der Waals surface area (Å²) in [6.45, 7) is 0.467. The van der Waals surface area contributed by atoms with Crippen LogP contribution in [0.5, 0.6) is 5.75 Å². The number of carbonyl (C=O) groups excluding carboxylic acids is 1. The van der Waals surface area contributed by atoms with Crippen molar-refractivity contribution in [2.75, 3.05) is 18.4 Å². The maximum absolute atomic E-state index is 12.2. The van der Waals surface area contributed by atoms with Crippen molar-refractivity contribution >= 4 is 17.7 Å². The minimum absolute atomic E-state index is 0.0694. The van der Waals surface area contributed by atoms with Crippen LogP contribution in [0.25, 0.3) is 0 Å². The number of hydrogen-bond acceptors (Lipinski definition) is 3. The van der Waals surface area contributed by atoms with Crippen LogP contribution in [0.3, 0.4) is 0 Å². The molecule has 1 aromatic carbocycles. The number of aliphatic carboxylic acids is 1. The Hall–Kier alpha value is -2.45. The highest BCUT2D eigenvalue weighted by molar-refractivity contribution is 5.90. The molecule has 0 aromatic heterocycles. The van der Waals surface area contributed by atoms with E-state index in [0.29, 0.717) is 19.4 Å². The molecule has 1 aromatic rings. The van der Waals surface area contributed by atoms with E-state index in [1.807, 2.05) is 0 Å². The minimum Gasteiger partial charge on any atom is -0.481 e. The summed E-state index contributed by atoms with van der Waals surface area (Å²) < 4.78 is 40.3. The van der Waals surface area contributed by atoms with E-state index in [1.54, 1.807) is 0 Å². The molecule has 0 bridgehead atoms. The molecule has 1 aliphatic heterocycles. The van der Waals surface area contributed by atoms with Crippen LogP contribution in [0.1, 0.15) is 12.8 Å². The predicted octanol–water partition coefficient (Wildman–Crippen LogP) is 2.91. The molecule has 126 valence electrons. The van der Waals surface area contributed by atoms with Crippen LogP contribution in [0.4, 0.5) is 23.7 Å². The molecule has 1 fully saturated rings. The lowest BCUT2D eigenvalue weighted by Crippen LogP contribution is -2.44. The van der Waals surface area contributed by atoms with Gasteiger partial charge in [-0.3, -0.25) is 4.79 Å². The lowest BCUT2D eigenvalue weighted by atomic mass is 9.99. The quantitative estimate of drug-likeness (QED) is 0.892. The van der Waals surface area contributed by atoms with Gasteiger partial charge in [0.05, 0.1) is 5.92 Å². The Morgan fingerprint density at radius 3 is 2.74 bits per heavy atom. The van der Waals surface area contributed by atoms with Crippen molar-refractivity contribution in [3.63, 3.8) is 0 Å². The number of urea groups is 1. The first-order chi connectivity index (χ1) is 10.7. The Morgan fingerprint density at radius 1 is 1.35 bits per heavy atom. The molecule has 23 heavy (non-hydrogen) atoms. The number of piperidine rings is 1. The van der Waals surface area contributed by atoms with Gasteiger partial charge < -0.3 is 20.1 Å². The molecule has 1 unspecified atom stereocenters. The zero-order valence-corrected chi connectivity index (χ0v) is 12.0. The van der Waals surface area contributed by atoms with Crippen molar-refractivity contribution in [1.82, 2.24) is 4.90 Å². The lowest BCUT2D eigenvalue weighted by Gasteiger charge is -2.30. The number of benzene rings is 1. The Morgan fingerprint density at radius 2 is 2.09 bits per heavy atom. The van der Waals surface area contributed by atoms with Crippen LogP contribution < -0.4 is 10.1 Å². The number of nitrogens with zero attached hydrogens (tertiary/aromatic N) is 1. The number of halogens is 3. The lowest BCUT2D eigenvalue weighted by molar-refractivity contribution is -0.274. The second kappa shape index (κ2) is 6.76. The van der Waals surface area contributed by atoms with Gasteiger partial charge in [-0.2, -0.15) is 0 Å². The molecule has 9 heteroatoms. The summed E-state index contributed by atoms with van der Waals surface area (Å²) in [7, 11) is 0. The van der Waals surface area contributed by atoms with E-state index in [2.05, 4.69) is 10.1 Å². The smallest absolute Gasteiger partial charge is 0.481 e. The van der Waals surface area contributed by atoms with E-state index in [-0.39, 0.29) is 12.2 Å². The number of amides is 2. The van der Waals surface area contributed by atoms with Gasteiger partial charge in [0.2, 0.25) is 0 Å². The molecule has 0 radical (unpaired) electrons. The van der Waals surface area contributed by atoms with Crippen molar-refractivity contribution in [1.29, 1.82) is 0 Å². The van der Waals surface area contributed by atoms with Crippen molar-refractivity contribution in [2.45, 2.75) is 19.2 Å². The van der Waals surface area contributed by atoms with Crippen LogP contribution in [-0.4, -0.2) is 41.5 Å². The third-order valence-corrected chi connectivity index (χ3v) is 3.38. The predicted molar refractivity (Wildman–Crippen MR) is 74.1 cm³/mol. The molecule has 2 amide bonds. The molecule has 0 saturated carbocycles. The van der Waals surface area contributed by atoms with Gasteiger partial charge in [0.15, 0.2) is 0 Å². The number of carboxylic acids is 1. The van der Waals surface area contributed by atoms with Gasteiger partial charge in [-0.15, -0.1) is 13.2 Å². The number of alkyl halides is 3. The summed E-state index contributed by atoms with van der Waals surface area (Å²) in [5.74, 6) is -2.05. The molecule has 0 aliphatic carbocycles. The molecule has 1 atom stereocenters. The van der Waals surface area contributed by atoms with Gasteiger partial charge in [0, 0.05) is 24.8 Å². The molecular formula is C14H15F3N2O4. The van der Waals surface area contributed by atoms with Crippen molar-refractivity contribution < 1.29 is 32.6 Å². The van der Waals surface area contributed by atoms with Gasteiger partial charge in [0.25, 0.3) is 0 Å². The summed E-state index contributed by atoms with van der Waals surface area (Å²) in [6.07, 6.45) is -3.76. The average Bonchev–Trinajstić information content (AvgIpc) is 2.46. The van der Waals surface area contributed by atoms with Crippen LogP contribution in [0.2, 0.25) is 0 Å². The summed E-state index contributed by atoms with van der Waals surface area (Å²) >= 11 is 0. The Kier molecular flexibility index (Phi) is 4.97. The standard InChI is InChI=1S/C14H15F3N2O4/c15-14(16,17)23-11-5-1-4-10(7-11)18-13(22)19-6-2-3-9(8-19)12(20)21/h1,4-5,7,9H,2-3,6,8H2,(H,18,22)(H,20,21). The zero-order chi connectivity index (χ0) is 17.0. The van der Waals surface area contributed by atoms with Gasteiger partial charge in [-0.05, 0) is 25.0 Å². The van der Waals surface area contributed by atoms with E-state index in [4.69, 9.17) is 5.11 Å². The number of likely N-dealkylation sites (tertiary alicyclic amines) is 1. The van der Waals surface area contributed by atoms with Gasteiger partial charge in [-0.1, -0.05) is 6.07 Å². The molecule has 0 spiro atoms. The van der Waals surface area contributed by atoms with Crippen molar-refractivity contribution in [3.05, 3.63) is 24.3 Å². The highest BCUT2D eigenvalue weighted by Gasteiger charge is 2.31. The fourth-order valence-corrected chi connectivity index (χ4v) is 2.34. The highest BCUT2D eigenvalue weighted by Crippen LogP contribution is 2.25. The zero-order valence-electron chi connectivity index (χ0n) is 12.0. The normalized spacial score (nSPS) is 18.4. The maximum atomic E-state index is 12.2. The Labute approximate surface area is 129 Å². The van der Waals surface area contributed by atoms with Gasteiger partial charge in [-0.25, -0.2) is 4.79 Å². The number of anilines is 1. The fraction of sp³-hybridized carbons (Fsp3) is 0.429. The SMILES string of the molecule is O=C(O)C1CCCN(C(=O)Nc2cccc(OC(F)(F)F)c2)C1. The molecule has 1 heterocycles. The molecule has 1 aliphatic rings. The molecule has 2 rings (SSSR count). The number of rotatable bonds is 3. The molecule has 6 nitrogen and oxygen atoms in total. The average molecular weight is 332 g/mol. The summed E-state index contributed by atoms with van der Waals surface area (Å²) in [6, 6.07) is 4.33. The van der Waals surface area contributed by atoms with E-state index in [1.165, 1.54) is 17.0 Å². The molecular weight excluding hydrogens is 317 g/mol. The summed E-state index contributed by atoms with van der Waals surface area (Å²) in [4.78, 5) is 24.4. The van der Waals surface area contributed by atoms with E-state index >= 15 is 0 Å². The highest BCUT2D eigenvalue weighted by atomic mass is 19.4. The van der Waals surface area contributed by atoms with Gasteiger partial charge >= 0.3 is 18.4 Å². The summed E-state index contributed by atoms with van der Waals surface area (Å²) in [5, 5.41) is 11.4. The van der Waals surface area contributed by atoms with Crippen molar-refractivity contribution in [2.24, 2.45) is 5.92 Å². The summed E-state index contributed by atoms with van der Waals surface area (Å²) in [5.41, 5.74) is 0.134. The monoisotopic (exact) mass is 332 g/mol. The minimum atomic E-state index is -4.82. The first-order valence-corrected chi connectivity index (χ1v) is 6.89. The van der Waals surface area contributed by atoms with E-state index in [9.17, 15) is 22.8 Å². The second-order valence-electron chi connectivity index (χ2n) is 5.13. The number of ether oxygens (including phenoxy) is 1. The second-order valence-corrected chi connectivity index (χ2v) is 5.13. The third-order valence-electron chi connectivity index (χ3n) is 3.38. The Balaban J connectivity index is 2.00. The molecule has 1 saturated heterocycles. The Bertz CT molecular complexity index is 592. The van der Waals surface area contributed by atoms with Crippen molar-refractivity contribution in [3.8, 4) is 5.75 Å². The largest absolute Gasteiger partial charge is 0.573 e. The number of hydrogen-bond donors (Lipinski definition) is 2. The van der Waals surface area contributed by atoms with E-state index in [0.717, 1.165) is 12.1 Å². The first-order valence-electron chi connectivity index (χ1n) is 6.89. The van der Waals surface area contributed by atoms with Crippen LogP contribution in [0.15, 0.2) is 24.3 Å². The fourth-order valence-electron chi connectivity index (χ4n) is 2.34. The topological polar surface area (TPSA) is 78.9 Å². The third kappa shape index (κ3) is 5.04.